The highest BCUT2D eigenvalue weighted by Crippen LogP contribution is 2.54. The van der Waals surface area contributed by atoms with Gasteiger partial charge in [-0.25, -0.2) is 19.2 Å². The van der Waals surface area contributed by atoms with E-state index in [-0.39, 0.29) is 42.1 Å². The molecule has 0 aliphatic rings. The average molecular weight is 463 g/mol. The van der Waals surface area contributed by atoms with Crippen molar-refractivity contribution < 1.29 is 55.1 Å². The monoisotopic (exact) mass is 462 g/mol. The Balaban J connectivity index is 0. The number of amides is 4. The Morgan fingerprint density at radius 2 is 0.769 bits per heavy atom. The molecular weight excluding hydrogens is 439 g/mol. The minimum absolute atomic E-state index is 0. The Kier molecular flexibility index (Phi) is 14.3. The van der Waals surface area contributed by atoms with Gasteiger partial charge in [-0.2, -0.15) is 0 Å². The van der Waals surface area contributed by atoms with Crippen LogP contribution in [0.15, 0.2) is 0 Å². The van der Waals surface area contributed by atoms with Crippen LogP contribution in [0.2, 0.25) is 0 Å². The number of methoxy groups -OCH3 is 4. The van der Waals surface area contributed by atoms with Crippen molar-refractivity contribution in [1.29, 1.82) is 0 Å². The summed E-state index contributed by atoms with van der Waals surface area (Å²) in [5, 5.41) is 10.0. The first-order valence-electron chi connectivity index (χ1n) is 6.95. The van der Waals surface area contributed by atoms with Crippen molar-refractivity contribution in [2.45, 2.75) is 0 Å². The average Bonchev–Trinajstić information content (AvgIpc) is 2.65. The van der Waals surface area contributed by atoms with Gasteiger partial charge in [-0.15, -0.1) is 0 Å². The van der Waals surface area contributed by atoms with E-state index in [1.54, 1.807) is 0 Å². The van der Waals surface area contributed by atoms with Crippen LogP contribution in [0.4, 0.5) is 19.2 Å². The molecule has 12 nitrogen and oxygen atoms in total. The van der Waals surface area contributed by atoms with Gasteiger partial charge in [-0.1, -0.05) is 0 Å². The largest absolute Gasteiger partial charge is 1.00 e. The summed E-state index contributed by atoms with van der Waals surface area (Å²) in [6, 6.07) is 0. The molecule has 0 atom stereocenters. The first kappa shape index (κ1) is 26.2. The molecule has 26 heavy (non-hydrogen) atoms. The Morgan fingerprint density at radius 1 is 0.577 bits per heavy atom. The smallest absolute Gasteiger partial charge is 0.409 e. The Morgan fingerprint density at radius 3 is 0.923 bits per heavy atom. The summed E-state index contributed by atoms with van der Waals surface area (Å²) < 4.78 is 18.1. The third-order valence-corrected chi connectivity index (χ3v) is 6.29. The Bertz CT molecular complexity index is 397. The van der Waals surface area contributed by atoms with Crippen LogP contribution in [-0.2, 0) is 18.9 Å². The van der Waals surface area contributed by atoms with Gasteiger partial charge >= 0.3 is 24.4 Å². The number of carbonyl (C=O) groups is 4. The Hall–Kier alpha value is -2.01. The molecule has 152 valence electrons. The molecule has 0 bridgehead atoms. The highest BCUT2D eigenvalue weighted by Gasteiger charge is 2.40. The molecule has 0 aromatic carbocycles. The van der Waals surface area contributed by atoms with Crippen LogP contribution in [0, 0.1) is 0 Å². The zero-order valence-electron chi connectivity index (χ0n) is 14.9. The van der Waals surface area contributed by atoms with Crippen LogP contribution in [0.5, 0.6) is 0 Å². The van der Waals surface area contributed by atoms with Crippen molar-refractivity contribution in [3.63, 3.8) is 0 Å². The molecule has 0 spiro atoms. The van der Waals surface area contributed by atoms with E-state index in [0.717, 1.165) is 0 Å². The third kappa shape index (κ3) is 10.8. The van der Waals surface area contributed by atoms with Crippen molar-refractivity contribution in [1.82, 2.24) is 21.3 Å². The predicted octanol–water partition coefficient (Wildman–Crippen LogP) is -2.74. The fourth-order valence-electron chi connectivity index (χ4n) is 1.55. The normalized spacial score (nSPS) is 9.69. The second-order valence-electron chi connectivity index (χ2n) is 4.65. The molecule has 0 fully saturated rings. The van der Waals surface area contributed by atoms with Crippen LogP contribution >= 0.6 is 7.26 Å². The molecule has 0 radical (unpaired) electrons. The fraction of sp³-hybridized carbons (Fsp3) is 0.667. The van der Waals surface area contributed by atoms with E-state index in [1.165, 1.54) is 28.4 Å². The highest BCUT2D eigenvalue weighted by molar-refractivity contribution is 7.75. The van der Waals surface area contributed by atoms with Gasteiger partial charge in [0.2, 0.25) is 0 Å². The quantitative estimate of drug-likeness (QED) is 0.224. The van der Waals surface area contributed by atoms with Gasteiger partial charge in [0.15, 0.2) is 0 Å². The van der Waals surface area contributed by atoms with Gasteiger partial charge in [-0.05, 0) is 0 Å². The van der Waals surface area contributed by atoms with Gasteiger partial charge in [0, 0.05) is 0 Å². The van der Waals surface area contributed by atoms with Crippen LogP contribution in [0.1, 0.15) is 0 Å². The third-order valence-electron chi connectivity index (χ3n) is 2.98. The van der Waals surface area contributed by atoms with Crippen LogP contribution in [0.25, 0.3) is 0 Å². The molecule has 0 aromatic heterocycles. The summed E-state index contributed by atoms with van der Waals surface area (Å²) in [6.07, 6.45) is -2.57. The topological polar surface area (TPSA) is 153 Å². The number of hydrogen-bond donors (Lipinski definition) is 4. The second kappa shape index (κ2) is 14.2. The molecule has 0 aromatic rings. The summed E-state index contributed by atoms with van der Waals surface area (Å²) >= 11 is 0. The lowest BCUT2D eigenvalue weighted by atomic mass is 11.1. The van der Waals surface area contributed by atoms with E-state index < -0.39 is 31.6 Å². The zero-order chi connectivity index (χ0) is 19.3. The maximum Gasteiger partial charge on any atom is 0.409 e. The van der Waals surface area contributed by atoms with Crippen molar-refractivity contribution in [2.24, 2.45) is 0 Å². The van der Waals surface area contributed by atoms with Crippen LogP contribution < -0.4 is 38.2 Å². The van der Waals surface area contributed by atoms with Gasteiger partial charge in [0.1, 0.15) is 25.1 Å². The van der Waals surface area contributed by atoms with E-state index in [9.17, 15) is 19.2 Å². The van der Waals surface area contributed by atoms with Crippen molar-refractivity contribution in [3.8, 4) is 0 Å². The molecule has 0 saturated heterocycles. The molecule has 0 saturated carbocycles. The SMILES string of the molecule is COC(=O)NC[P+](CNC(=O)OC)(CNC(=O)OC)CNC(=O)OC.[Br-]. The molecule has 0 aliphatic carbocycles. The molecule has 0 aliphatic heterocycles. The molecule has 0 heterocycles. The number of ether oxygens (including phenoxy) is 4. The Labute approximate surface area is 162 Å². The summed E-state index contributed by atoms with van der Waals surface area (Å²) in [5.74, 6) is 0. The summed E-state index contributed by atoms with van der Waals surface area (Å²) in [7, 11) is 2.37. The number of alkyl carbamates (subject to hydrolysis) is 4. The minimum Gasteiger partial charge on any atom is -1.00 e. The van der Waals surface area contributed by atoms with E-state index in [1.807, 2.05) is 0 Å². The van der Waals surface area contributed by atoms with Crippen molar-refractivity contribution >= 4 is 31.6 Å². The predicted molar refractivity (Wildman–Crippen MR) is 88.6 cm³/mol. The maximum atomic E-state index is 11.4. The fourth-order valence-corrected chi connectivity index (χ4v) is 4.08. The number of rotatable bonds is 8. The maximum absolute atomic E-state index is 11.4. The first-order chi connectivity index (χ1) is 11.8. The summed E-state index contributed by atoms with van der Waals surface area (Å²) in [5.41, 5.74) is 0. The van der Waals surface area contributed by atoms with E-state index in [4.69, 9.17) is 0 Å². The number of hydrogen-bond acceptors (Lipinski definition) is 8. The van der Waals surface area contributed by atoms with Crippen LogP contribution in [0.3, 0.4) is 0 Å². The lowest BCUT2D eigenvalue weighted by Crippen LogP contribution is -3.00. The lowest BCUT2D eigenvalue weighted by Gasteiger charge is -2.27. The van der Waals surface area contributed by atoms with Gasteiger partial charge in [0.25, 0.3) is 0 Å². The van der Waals surface area contributed by atoms with E-state index in [0.29, 0.717) is 0 Å². The van der Waals surface area contributed by atoms with Crippen LogP contribution in [-0.4, -0.2) is 78.0 Å². The van der Waals surface area contributed by atoms with Gasteiger partial charge in [-0.3, -0.25) is 21.3 Å². The molecular formula is C12H24BrN4O8P. The molecule has 14 heteroatoms. The summed E-state index contributed by atoms with van der Waals surface area (Å²) in [6.45, 7) is 0. The number of nitrogens with one attached hydrogen (secondary N) is 4. The van der Waals surface area contributed by atoms with Gasteiger partial charge in [0.05, 0.1) is 35.7 Å². The van der Waals surface area contributed by atoms with Gasteiger partial charge < -0.3 is 35.9 Å². The number of halogens is 1. The van der Waals surface area contributed by atoms with Crippen molar-refractivity contribution in [3.05, 3.63) is 0 Å². The zero-order valence-corrected chi connectivity index (χ0v) is 17.4. The molecule has 4 N–H and O–H groups in total. The van der Waals surface area contributed by atoms with E-state index in [2.05, 4.69) is 40.2 Å². The first-order valence-corrected chi connectivity index (χ1v) is 9.47. The molecule has 4 amide bonds. The minimum atomic E-state index is -2.41. The highest BCUT2D eigenvalue weighted by atomic mass is 79.9. The van der Waals surface area contributed by atoms with E-state index >= 15 is 0 Å². The lowest BCUT2D eigenvalue weighted by molar-refractivity contribution is -0.0000253. The van der Waals surface area contributed by atoms with Crippen molar-refractivity contribution in [2.75, 3.05) is 53.6 Å². The molecule has 0 unspecified atom stereocenters. The second-order valence-corrected chi connectivity index (χ2v) is 8.60. The molecule has 0 rings (SSSR count). The number of carbonyl (C=O) groups excluding carboxylic acids is 4. The summed E-state index contributed by atoms with van der Waals surface area (Å²) in [4.78, 5) is 45.6. The standard InChI is InChI=1S/C12H23N4O8P.BrH/c1-21-9(17)13-5-25(6-14-10(18)22-2,7-15-11(19)23-3)8-16-12(20)24-4;/h5-8H2,1-4H3,(H3-,13,14,15,16,17,18,19,20);1H.